The van der Waals surface area contributed by atoms with E-state index in [9.17, 15) is 9.59 Å². The summed E-state index contributed by atoms with van der Waals surface area (Å²) in [5.74, 6) is 0.387. The molecule has 0 radical (unpaired) electrons. The van der Waals surface area contributed by atoms with Gasteiger partial charge in [-0.05, 0) is 24.6 Å². The Balaban J connectivity index is -0.000000509. The predicted octanol–water partition coefficient (Wildman–Crippen LogP) is 4.23. The van der Waals surface area contributed by atoms with Crippen LogP contribution in [0.15, 0.2) is 18.2 Å². The van der Waals surface area contributed by atoms with Gasteiger partial charge in [-0.3, -0.25) is 19.8 Å². The van der Waals surface area contributed by atoms with E-state index in [0.29, 0.717) is 24.4 Å². The van der Waals surface area contributed by atoms with Gasteiger partial charge in [-0.2, -0.15) is 0 Å². The molecule has 0 atom stereocenters. The summed E-state index contributed by atoms with van der Waals surface area (Å²) >= 11 is 0. The van der Waals surface area contributed by atoms with Crippen LogP contribution in [0.25, 0.3) is 0 Å². The number of anilines is 1. The van der Waals surface area contributed by atoms with E-state index < -0.39 is 6.03 Å². The summed E-state index contributed by atoms with van der Waals surface area (Å²) in [7, 11) is 1.56. The molecule has 2 N–H and O–H groups in total. The Labute approximate surface area is 157 Å². The van der Waals surface area contributed by atoms with Crippen LogP contribution in [0.2, 0.25) is 0 Å². The summed E-state index contributed by atoms with van der Waals surface area (Å²) in [5, 5.41) is 9.18. The van der Waals surface area contributed by atoms with Crippen molar-refractivity contribution in [3.05, 3.63) is 23.8 Å². The largest absolute Gasteiger partial charge is 0.495 e. The number of aryl methyl sites for hydroxylation is 1. The fraction of sp³-hybridized carbons (Fsp3) is 0.526. The van der Waals surface area contributed by atoms with Crippen LogP contribution in [0.3, 0.4) is 0 Å². The number of amides is 3. The van der Waals surface area contributed by atoms with Crippen LogP contribution in [0, 0.1) is 6.92 Å². The maximum Gasteiger partial charge on any atom is 0.328 e. The lowest BCUT2D eigenvalue weighted by atomic mass is 10.1. The zero-order chi connectivity index (χ0) is 21.1. The van der Waals surface area contributed by atoms with Crippen LogP contribution >= 0.6 is 0 Å². The topological polar surface area (TPSA) is 95.9 Å². The summed E-state index contributed by atoms with van der Waals surface area (Å²) in [6.07, 6.45) is 0.308. The van der Waals surface area contributed by atoms with Crippen LogP contribution in [-0.2, 0) is 9.59 Å². The minimum Gasteiger partial charge on any atom is -0.495 e. The van der Waals surface area contributed by atoms with Gasteiger partial charge in [-0.25, -0.2) is 4.79 Å². The molecule has 0 aliphatic carbocycles. The number of nitrogens with zero attached hydrogens (tertiary/aromatic N) is 1. The third-order valence-corrected chi connectivity index (χ3v) is 2.68. The lowest BCUT2D eigenvalue weighted by molar-refractivity contribution is -0.123. The van der Waals surface area contributed by atoms with Crippen LogP contribution in [0.5, 0.6) is 5.75 Å². The van der Waals surface area contributed by atoms with Crippen molar-refractivity contribution < 1.29 is 24.2 Å². The van der Waals surface area contributed by atoms with Crippen molar-refractivity contribution >= 4 is 24.1 Å². The normalized spacial score (nSPS) is 11.5. The van der Waals surface area contributed by atoms with Gasteiger partial charge in [0.1, 0.15) is 5.75 Å². The Morgan fingerprint density at radius 2 is 1.62 bits per heavy atom. The van der Waals surface area contributed by atoms with Crippen LogP contribution in [-0.4, -0.2) is 37.2 Å². The van der Waals surface area contributed by atoms with E-state index in [0.717, 1.165) is 5.56 Å². The Morgan fingerprint density at radius 1 is 1.12 bits per heavy atom. The smallest absolute Gasteiger partial charge is 0.328 e. The highest BCUT2D eigenvalue weighted by atomic mass is 16.5. The number of ether oxygens (including phenoxy) is 1. The fourth-order valence-electron chi connectivity index (χ4n) is 1.80. The molecule has 7 heteroatoms. The number of urea groups is 1. The first kappa shape index (κ1) is 28.2. The van der Waals surface area contributed by atoms with Gasteiger partial charge in [0.25, 0.3) is 6.47 Å². The van der Waals surface area contributed by atoms with Crippen molar-refractivity contribution in [1.29, 1.82) is 0 Å². The minimum absolute atomic E-state index is 0.238. The third-order valence-electron chi connectivity index (χ3n) is 2.68. The van der Waals surface area contributed by atoms with E-state index in [1.54, 1.807) is 7.11 Å². The molecule has 0 saturated carbocycles. The lowest BCUT2D eigenvalue weighted by Crippen LogP contribution is -2.49. The number of methoxy groups -OCH3 is 1. The predicted molar refractivity (Wildman–Crippen MR) is 106 cm³/mol. The highest BCUT2D eigenvalue weighted by Gasteiger charge is 2.26. The van der Waals surface area contributed by atoms with Crippen molar-refractivity contribution in [3.63, 3.8) is 0 Å². The molecule has 0 bridgehead atoms. The summed E-state index contributed by atoms with van der Waals surface area (Å²) in [6, 6.07) is 5.20. The first-order chi connectivity index (χ1) is 12.5. The molecule has 0 spiro atoms. The van der Waals surface area contributed by atoms with Crippen LogP contribution in [0.4, 0.5) is 10.5 Å². The van der Waals surface area contributed by atoms with E-state index in [1.165, 1.54) is 4.90 Å². The van der Waals surface area contributed by atoms with Crippen molar-refractivity contribution in [2.24, 2.45) is 0 Å². The number of rotatable bonds is 2. The minimum atomic E-state index is -0.398. The van der Waals surface area contributed by atoms with Gasteiger partial charge >= 0.3 is 6.03 Å². The molecule has 1 heterocycles. The molecule has 7 nitrogen and oxygen atoms in total. The SMILES string of the molecule is CC.CC.CC.COc1ccc(C)cc1N1CCC(=O)NC1=O.O=CO. The monoisotopic (exact) mass is 370 g/mol. The number of carbonyl (C=O) groups is 3. The van der Waals surface area contributed by atoms with Gasteiger partial charge in [0, 0.05) is 13.0 Å². The molecule has 26 heavy (non-hydrogen) atoms. The molecule has 1 aliphatic rings. The molecule has 0 aromatic heterocycles. The quantitative estimate of drug-likeness (QED) is 0.760. The number of carbonyl (C=O) groups excluding carboxylic acids is 2. The number of imide groups is 1. The zero-order valence-electron chi connectivity index (χ0n) is 17.3. The fourth-order valence-corrected chi connectivity index (χ4v) is 1.80. The van der Waals surface area contributed by atoms with E-state index in [-0.39, 0.29) is 12.4 Å². The molecule has 1 aliphatic heterocycles. The third kappa shape index (κ3) is 10.3. The van der Waals surface area contributed by atoms with E-state index in [1.807, 2.05) is 66.7 Å². The average Bonchev–Trinajstić information content (AvgIpc) is 2.67. The molecule has 1 aromatic carbocycles. The molecule has 1 fully saturated rings. The van der Waals surface area contributed by atoms with Gasteiger partial charge in [0.15, 0.2) is 0 Å². The van der Waals surface area contributed by atoms with Gasteiger partial charge < -0.3 is 9.84 Å². The second kappa shape index (κ2) is 18.8. The Bertz CT molecular complexity index is 519. The summed E-state index contributed by atoms with van der Waals surface area (Å²) in [4.78, 5) is 32.7. The molecule has 1 aromatic rings. The maximum absolute atomic E-state index is 11.7. The first-order valence-electron chi connectivity index (χ1n) is 8.87. The summed E-state index contributed by atoms with van der Waals surface area (Å²) in [6.45, 7) is 14.1. The highest BCUT2D eigenvalue weighted by molar-refractivity contribution is 6.06. The molecule has 150 valence electrons. The molecular weight excluding hydrogens is 336 g/mol. The van der Waals surface area contributed by atoms with Crippen molar-refractivity contribution in [2.45, 2.75) is 54.9 Å². The molecular formula is C19H34N2O5. The average molecular weight is 370 g/mol. The molecule has 1 saturated heterocycles. The number of hydrogen-bond donors (Lipinski definition) is 2. The standard InChI is InChI=1S/C12H14N2O3.3C2H6.CH2O2/c1-8-3-4-10(17-2)9(7-8)14-6-5-11(15)13-12(14)16;3*1-2;2-1-3/h3-4,7H,5-6H2,1-2H3,(H,13,15,16);3*1-2H3;1H,(H,2,3). The van der Waals surface area contributed by atoms with Gasteiger partial charge in [-0.15, -0.1) is 0 Å². The van der Waals surface area contributed by atoms with Crippen molar-refractivity contribution in [3.8, 4) is 5.75 Å². The number of nitrogens with one attached hydrogen (secondary N) is 1. The zero-order valence-corrected chi connectivity index (χ0v) is 17.3. The number of hydrogen-bond acceptors (Lipinski definition) is 4. The molecule has 3 amide bonds. The second-order valence-electron chi connectivity index (χ2n) is 4.04. The van der Waals surface area contributed by atoms with Gasteiger partial charge in [0.2, 0.25) is 5.91 Å². The Hall–Kier alpha value is -2.57. The summed E-state index contributed by atoms with van der Waals surface area (Å²) in [5.41, 5.74) is 1.73. The van der Waals surface area contributed by atoms with Crippen molar-refractivity contribution in [1.82, 2.24) is 5.32 Å². The van der Waals surface area contributed by atoms with E-state index >= 15 is 0 Å². The van der Waals surface area contributed by atoms with Crippen LogP contribution in [0.1, 0.15) is 53.5 Å². The first-order valence-corrected chi connectivity index (χ1v) is 8.87. The molecule has 0 unspecified atom stereocenters. The van der Waals surface area contributed by atoms with Crippen LogP contribution < -0.4 is 15.0 Å². The Morgan fingerprint density at radius 3 is 2.04 bits per heavy atom. The molecule has 2 rings (SSSR count). The van der Waals surface area contributed by atoms with Gasteiger partial charge in [0.05, 0.1) is 12.8 Å². The number of carboxylic acid groups (broad SMARTS) is 1. The Kier molecular flexibility index (Phi) is 20.4. The highest BCUT2D eigenvalue weighted by Crippen LogP contribution is 2.30. The second-order valence-corrected chi connectivity index (χ2v) is 4.04. The van der Waals surface area contributed by atoms with Crippen molar-refractivity contribution in [2.75, 3.05) is 18.6 Å². The summed E-state index contributed by atoms with van der Waals surface area (Å²) < 4.78 is 5.22. The lowest BCUT2D eigenvalue weighted by Gasteiger charge is -2.28. The van der Waals surface area contributed by atoms with Gasteiger partial charge in [-0.1, -0.05) is 47.6 Å². The van der Waals surface area contributed by atoms with E-state index in [4.69, 9.17) is 14.6 Å². The maximum atomic E-state index is 11.7. The number of benzene rings is 1. The van der Waals surface area contributed by atoms with E-state index in [2.05, 4.69) is 5.32 Å².